The Bertz CT molecular complexity index is 886. The van der Waals surface area contributed by atoms with E-state index < -0.39 is 0 Å². The molecule has 0 radical (unpaired) electrons. The molecule has 3 aromatic rings. The number of rotatable bonds is 4. The van der Waals surface area contributed by atoms with Gasteiger partial charge < -0.3 is 4.90 Å². The number of likely N-dealkylation sites (tertiary alicyclic amines) is 1. The summed E-state index contributed by atoms with van der Waals surface area (Å²) in [5.74, 6) is 0.671. The van der Waals surface area contributed by atoms with Gasteiger partial charge in [-0.25, -0.2) is 9.97 Å². The maximum atomic E-state index is 12.6. The van der Waals surface area contributed by atoms with Crippen molar-refractivity contribution in [3.8, 4) is 10.4 Å². The molecule has 4 rings (SSSR count). The lowest BCUT2D eigenvalue weighted by Crippen LogP contribution is -2.33. The van der Waals surface area contributed by atoms with E-state index in [1.165, 1.54) is 35.0 Å². The number of amides is 1. The van der Waals surface area contributed by atoms with E-state index in [9.17, 15) is 4.79 Å². The molecule has 1 amide bonds. The lowest BCUT2D eigenvalue weighted by atomic mass is 10.2. The van der Waals surface area contributed by atoms with E-state index in [4.69, 9.17) is 0 Å². The Labute approximate surface area is 161 Å². The maximum Gasteiger partial charge on any atom is 0.232 e. The van der Waals surface area contributed by atoms with Gasteiger partial charge in [-0.3, -0.25) is 4.79 Å². The highest BCUT2D eigenvalue weighted by molar-refractivity contribution is 8.00. The zero-order chi connectivity index (χ0) is 17.8. The van der Waals surface area contributed by atoms with Crippen molar-refractivity contribution in [1.29, 1.82) is 0 Å². The van der Waals surface area contributed by atoms with Crippen LogP contribution < -0.4 is 0 Å². The van der Waals surface area contributed by atoms with E-state index in [1.54, 1.807) is 17.7 Å². The van der Waals surface area contributed by atoms with Crippen LogP contribution in [0.3, 0.4) is 0 Å². The second kappa shape index (κ2) is 8.18. The fourth-order valence-electron chi connectivity index (χ4n) is 3.23. The summed E-state index contributed by atoms with van der Waals surface area (Å²) in [5, 5.41) is 1.95. The van der Waals surface area contributed by atoms with Gasteiger partial charge in [-0.1, -0.05) is 54.9 Å². The van der Waals surface area contributed by atoms with Crippen LogP contribution in [0.25, 0.3) is 20.7 Å². The molecule has 1 saturated heterocycles. The van der Waals surface area contributed by atoms with Crippen LogP contribution in [0.2, 0.25) is 0 Å². The summed E-state index contributed by atoms with van der Waals surface area (Å²) in [6.45, 7) is 1.80. The van der Waals surface area contributed by atoms with Gasteiger partial charge in [0.25, 0.3) is 0 Å². The highest BCUT2D eigenvalue weighted by Gasteiger charge is 2.17. The van der Waals surface area contributed by atoms with Gasteiger partial charge in [0.05, 0.1) is 5.75 Å². The number of hydrogen-bond donors (Lipinski definition) is 0. The number of thiophene rings is 1. The van der Waals surface area contributed by atoms with Crippen molar-refractivity contribution in [2.24, 2.45) is 0 Å². The van der Waals surface area contributed by atoms with Crippen LogP contribution >= 0.6 is 23.1 Å². The standard InChI is InChI=1S/C20H21N3OS2/c24-18(23-10-6-1-2-7-11-23)13-25-19-16-12-17(15-8-4-3-5-9-15)26-20(16)22-14-21-19/h3-5,8-9,12,14H,1-2,6-7,10-11,13H2. The number of carbonyl (C=O) groups is 1. The molecule has 1 aromatic carbocycles. The lowest BCUT2D eigenvalue weighted by Gasteiger charge is -2.19. The van der Waals surface area contributed by atoms with Crippen molar-refractivity contribution in [2.45, 2.75) is 30.7 Å². The third-order valence-electron chi connectivity index (χ3n) is 4.64. The number of fused-ring (bicyclic) bond motifs is 1. The van der Waals surface area contributed by atoms with Gasteiger partial charge in [0.1, 0.15) is 16.2 Å². The molecule has 134 valence electrons. The van der Waals surface area contributed by atoms with Crippen LogP contribution in [0.15, 0.2) is 47.8 Å². The van der Waals surface area contributed by atoms with Crippen LogP contribution in [-0.4, -0.2) is 39.6 Å². The van der Waals surface area contributed by atoms with Gasteiger partial charge >= 0.3 is 0 Å². The van der Waals surface area contributed by atoms with Gasteiger partial charge in [-0.15, -0.1) is 11.3 Å². The molecule has 4 nitrogen and oxygen atoms in total. The summed E-state index contributed by atoms with van der Waals surface area (Å²) in [6, 6.07) is 12.5. The van der Waals surface area contributed by atoms with Gasteiger partial charge in [-0.2, -0.15) is 0 Å². The Kier molecular flexibility index (Phi) is 5.51. The van der Waals surface area contributed by atoms with E-state index in [0.29, 0.717) is 5.75 Å². The normalized spacial score (nSPS) is 15.2. The second-order valence-electron chi connectivity index (χ2n) is 6.46. The Morgan fingerprint density at radius 3 is 2.62 bits per heavy atom. The number of carbonyl (C=O) groups excluding carboxylic acids is 1. The van der Waals surface area contributed by atoms with Crippen LogP contribution in [0.4, 0.5) is 0 Å². The number of hydrogen-bond acceptors (Lipinski definition) is 5. The van der Waals surface area contributed by atoms with Gasteiger partial charge in [0, 0.05) is 23.4 Å². The molecule has 0 unspecified atom stereocenters. The molecule has 1 aliphatic rings. The van der Waals surface area contributed by atoms with Gasteiger partial charge in [0.2, 0.25) is 5.91 Å². The minimum Gasteiger partial charge on any atom is -0.342 e. The van der Waals surface area contributed by atoms with Crippen LogP contribution in [0, 0.1) is 0 Å². The van der Waals surface area contributed by atoms with Crippen molar-refractivity contribution in [1.82, 2.24) is 14.9 Å². The number of nitrogens with zero attached hydrogens (tertiary/aromatic N) is 3. The van der Waals surface area contributed by atoms with Crippen LogP contribution in [0.1, 0.15) is 25.7 Å². The molecule has 0 spiro atoms. The van der Waals surface area contributed by atoms with Crippen LogP contribution in [0.5, 0.6) is 0 Å². The Morgan fingerprint density at radius 2 is 1.85 bits per heavy atom. The smallest absolute Gasteiger partial charge is 0.232 e. The molecule has 0 atom stereocenters. The first-order valence-corrected chi connectivity index (χ1v) is 10.8. The molecular weight excluding hydrogens is 362 g/mol. The van der Waals surface area contributed by atoms with Crippen molar-refractivity contribution in [3.63, 3.8) is 0 Å². The fourth-order valence-corrected chi connectivity index (χ4v) is 5.18. The summed E-state index contributed by atoms with van der Waals surface area (Å²) in [6.07, 6.45) is 6.33. The number of aromatic nitrogens is 2. The molecule has 0 saturated carbocycles. The van der Waals surface area contributed by atoms with E-state index >= 15 is 0 Å². The topological polar surface area (TPSA) is 46.1 Å². The third kappa shape index (κ3) is 3.91. The monoisotopic (exact) mass is 383 g/mol. The quantitative estimate of drug-likeness (QED) is 0.477. The average Bonchev–Trinajstić information content (AvgIpc) is 2.94. The SMILES string of the molecule is O=C(CSc1ncnc2sc(-c3ccccc3)cc12)N1CCCCCC1. The summed E-state index contributed by atoms with van der Waals surface area (Å²) < 4.78 is 0. The minimum atomic E-state index is 0.224. The Morgan fingerprint density at radius 1 is 1.08 bits per heavy atom. The Hall–Kier alpha value is -1.92. The molecule has 26 heavy (non-hydrogen) atoms. The molecule has 0 bridgehead atoms. The van der Waals surface area contributed by atoms with Crippen LogP contribution in [-0.2, 0) is 4.79 Å². The molecule has 0 aliphatic carbocycles. The number of thioether (sulfide) groups is 1. The van der Waals surface area contributed by atoms with E-state index in [-0.39, 0.29) is 5.91 Å². The zero-order valence-corrected chi connectivity index (χ0v) is 16.2. The van der Waals surface area contributed by atoms with Crippen molar-refractivity contribution >= 4 is 39.2 Å². The van der Waals surface area contributed by atoms with Crippen molar-refractivity contribution < 1.29 is 4.79 Å². The summed E-state index contributed by atoms with van der Waals surface area (Å²) in [4.78, 5) is 25.6. The predicted molar refractivity (Wildman–Crippen MR) is 109 cm³/mol. The highest BCUT2D eigenvalue weighted by atomic mass is 32.2. The largest absolute Gasteiger partial charge is 0.342 e. The highest BCUT2D eigenvalue weighted by Crippen LogP contribution is 2.36. The Balaban J connectivity index is 1.51. The molecule has 1 fully saturated rings. The van der Waals surface area contributed by atoms with Gasteiger partial charge in [-0.05, 0) is 24.5 Å². The van der Waals surface area contributed by atoms with E-state index in [1.807, 2.05) is 23.1 Å². The summed E-state index contributed by atoms with van der Waals surface area (Å²) >= 11 is 3.20. The van der Waals surface area contributed by atoms with Crippen molar-refractivity contribution in [3.05, 3.63) is 42.7 Å². The maximum absolute atomic E-state index is 12.6. The lowest BCUT2D eigenvalue weighted by molar-refractivity contribution is -0.128. The van der Waals surface area contributed by atoms with Crippen molar-refractivity contribution in [2.75, 3.05) is 18.8 Å². The molecule has 3 heterocycles. The minimum absolute atomic E-state index is 0.224. The average molecular weight is 384 g/mol. The zero-order valence-electron chi connectivity index (χ0n) is 14.6. The van der Waals surface area contributed by atoms with E-state index in [2.05, 4.69) is 28.2 Å². The third-order valence-corrected chi connectivity index (χ3v) is 6.72. The molecule has 6 heteroatoms. The number of benzene rings is 1. The molecular formula is C20H21N3OS2. The first-order chi connectivity index (χ1) is 12.8. The van der Waals surface area contributed by atoms with E-state index in [0.717, 1.165) is 41.2 Å². The van der Waals surface area contributed by atoms with Gasteiger partial charge in [0.15, 0.2) is 0 Å². The first-order valence-electron chi connectivity index (χ1n) is 9.02. The second-order valence-corrected chi connectivity index (χ2v) is 8.45. The summed E-state index contributed by atoms with van der Waals surface area (Å²) in [5.41, 5.74) is 1.19. The first kappa shape index (κ1) is 17.5. The molecule has 0 N–H and O–H groups in total. The summed E-state index contributed by atoms with van der Waals surface area (Å²) in [7, 11) is 0. The molecule has 1 aliphatic heterocycles. The molecule has 2 aromatic heterocycles. The predicted octanol–water partition coefficient (Wildman–Crippen LogP) is 4.85. The fraction of sp³-hybridized carbons (Fsp3) is 0.350.